The van der Waals surface area contributed by atoms with Gasteiger partial charge in [0.15, 0.2) is 0 Å². The summed E-state index contributed by atoms with van der Waals surface area (Å²) in [6.45, 7) is 0.820. The SMILES string of the molecule is N#Cc1cc(CN[C@H]2CCCC[C@@H]2CO)ccc1F. The number of hydrogen-bond acceptors (Lipinski definition) is 3. The van der Waals surface area contributed by atoms with E-state index < -0.39 is 5.82 Å². The Morgan fingerprint density at radius 2 is 2.16 bits per heavy atom. The Labute approximate surface area is 113 Å². The molecule has 1 saturated carbocycles. The molecule has 19 heavy (non-hydrogen) atoms. The summed E-state index contributed by atoms with van der Waals surface area (Å²) >= 11 is 0. The molecule has 1 fully saturated rings. The van der Waals surface area contributed by atoms with Crippen LogP contribution < -0.4 is 5.32 Å². The first-order valence-corrected chi connectivity index (χ1v) is 6.77. The maximum Gasteiger partial charge on any atom is 0.140 e. The molecule has 1 aliphatic carbocycles. The van der Waals surface area contributed by atoms with Crippen molar-refractivity contribution in [3.8, 4) is 6.07 Å². The van der Waals surface area contributed by atoms with Gasteiger partial charge in [-0.05, 0) is 36.5 Å². The largest absolute Gasteiger partial charge is 0.396 e. The zero-order valence-corrected chi connectivity index (χ0v) is 10.9. The van der Waals surface area contributed by atoms with Gasteiger partial charge in [0.25, 0.3) is 0 Å². The Morgan fingerprint density at radius 1 is 1.37 bits per heavy atom. The summed E-state index contributed by atoms with van der Waals surface area (Å²) in [5.74, 6) is -0.165. The first-order valence-electron chi connectivity index (χ1n) is 6.77. The van der Waals surface area contributed by atoms with E-state index in [1.54, 1.807) is 12.1 Å². The summed E-state index contributed by atoms with van der Waals surface area (Å²) < 4.78 is 13.2. The molecule has 2 rings (SSSR count). The highest BCUT2D eigenvalue weighted by Gasteiger charge is 2.23. The van der Waals surface area contributed by atoms with Crippen LogP contribution in [-0.2, 0) is 6.54 Å². The molecular formula is C15H19FN2O. The normalized spacial score (nSPS) is 23.0. The van der Waals surface area contributed by atoms with Crippen LogP contribution in [0, 0.1) is 23.1 Å². The van der Waals surface area contributed by atoms with Gasteiger partial charge in [0.1, 0.15) is 11.9 Å². The molecule has 102 valence electrons. The second-order valence-corrected chi connectivity index (χ2v) is 5.14. The van der Waals surface area contributed by atoms with Gasteiger partial charge in [-0.15, -0.1) is 0 Å². The zero-order valence-electron chi connectivity index (χ0n) is 10.9. The van der Waals surface area contributed by atoms with Crippen LogP contribution in [0.2, 0.25) is 0 Å². The number of nitriles is 1. The van der Waals surface area contributed by atoms with Crippen molar-refractivity contribution >= 4 is 0 Å². The van der Waals surface area contributed by atoms with E-state index in [9.17, 15) is 9.50 Å². The van der Waals surface area contributed by atoms with Crippen LogP contribution in [0.5, 0.6) is 0 Å². The van der Waals surface area contributed by atoms with Crippen molar-refractivity contribution in [3.63, 3.8) is 0 Å². The van der Waals surface area contributed by atoms with Gasteiger partial charge in [-0.2, -0.15) is 5.26 Å². The van der Waals surface area contributed by atoms with Gasteiger partial charge in [-0.3, -0.25) is 0 Å². The first kappa shape index (κ1) is 14.0. The fraction of sp³-hybridized carbons (Fsp3) is 0.533. The van der Waals surface area contributed by atoms with Gasteiger partial charge < -0.3 is 10.4 Å². The molecule has 0 radical (unpaired) electrons. The molecule has 0 aromatic heterocycles. The fourth-order valence-corrected chi connectivity index (χ4v) is 2.71. The van der Waals surface area contributed by atoms with Crippen molar-refractivity contribution in [2.24, 2.45) is 5.92 Å². The summed E-state index contributed by atoms with van der Waals surface area (Å²) in [6.07, 6.45) is 4.48. The summed E-state index contributed by atoms with van der Waals surface area (Å²) in [5, 5.41) is 21.6. The Bertz CT molecular complexity index is 470. The highest BCUT2D eigenvalue weighted by atomic mass is 19.1. The van der Waals surface area contributed by atoms with Gasteiger partial charge in [0, 0.05) is 19.2 Å². The molecule has 2 N–H and O–H groups in total. The van der Waals surface area contributed by atoms with Crippen LogP contribution >= 0.6 is 0 Å². The van der Waals surface area contributed by atoms with E-state index >= 15 is 0 Å². The fourth-order valence-electron chi connectivity index (χ4n) is 2.71. The zero-order chi connectivity index (χ0) is 13.7. The standard InChI is InChI=1S/C15H19FN2O/c16-14-6-5-11(7-13(14)8-17)9-18-15-4-2-1-3-12(15)10-19/h5-7,12,15,18-19H,1-4,9-10H2/t12-,15+/m1/s1. The Morgan fingerprint density at radius 3 is 2.89 bits per heavy atom. The predicted molar refractivity (Wildman–Crippen MR) is 70.8 cm³/mol. The van der Waals surface area contributed by atoms with Crippen LogP contribution in [0.15, 0.2) is 18.2 Å². The summed E-state index contributed by atoms with van der Waals surface area (Å²) in [5.41, 5.74) is 0.988. The van der Waals surface area contributed by atoms with Crippen molar-refractivity contribution in [2.75, 3.05) is 6.61 Å². The van der Waals surface area contributed by atoms with Crippen LogP contribution in [0.3, 0.4) is 0 Å². The second-order valence-electron chi connectivity index (χ2n) is 5.14. The van der Waals surface area contributed by atoms with E-state index in [0.29, 0.717) is 18.5 Å². The third-order valence-electron chi connectivity index (χ3n) is 3.86. The number of hydrogen-bond donors (Lipinski definition) is 2. The minimum absolute atomic E-state index is 0.0849. The van der Waals surface area contributed by atoms with Gasteiger partial charge in [-0.25, -0.2) is 4.39 Å². The molecule has 0 bridgehead atoms. The van der Waals surface area contributed by atoms with Gasteiger partial charge in [0.2, 0.25) is 0 Å². The second kappa shape index (κ2) is 6.65. The van der Waals surface area contributed by atoms with Gasteiger partial charge in [-0.1, -0.05) is 18.9 Å². The maximum absolute atomic E-state index is 13.2. The molecule has 0 spiro atoms. The molecular weight excluding hydrogens is 243 g/mol. The molecule has 0 amide bonds. The van der Waals surface area contributed by atoms with Crippen LogP contribution in [0.1, 0.15) is 36.8 Å². The maximum atomic E-state index is 13.2. The van der Waals surface area contributed by atoms with Gasteiger partial charge >= 0.3 is 0 Å². The third-order valence-corrected chi connectivity index (χ3v) is 3.86. The molecule has 0 unspecified atom stereocenters. The molecule has 3 nitrogen and oxygen atoms in total. The molecule has 0 saturated heterocycles. The van der Waals surface area contributed by atoms with Crippen molar-refractivity contribution in [3.05, 3.63) is 35.1 Å². The Hall–Kier alpha value is -1.44. The topological polar surface area (TPSA) is 56.0 Å². The van der Waals surface area contributed by atoms with Crippen LogP contribution in [0.25, 0.3) is 0 Å². The summed E-state index contributed by atoms with van der Waals surface area (Å²) in [7, 11) is 0. The lowest BCUT2D eigenvalue weighted by molar-refractivity contribution is 0.152. The number of nitrogens with zero attached hydrogens (tertiary/aromatic N) is 1. The van der Waals surface area contributed by atoms with E-state index in [2.05, 4.69) is 5.32 Å². The number of nitrogens with one attached hydrogen (secondary N) is 1. The molecule has 2 atom stereocenters. The number of halogens is 1. The Balaban J connectivity index is 1.96. The summed E-state index contributed by atoms with van der Waals surface area (Å²) in [6, 6.07) is 6.78. The van der Waals surface area contributed by atoms with Crippen molar-refractivity contribution in [1.29, 1.82) is 5.26 Å². The van der Waals surface area contributed by atoms with E-state index in [-0.39, 0.29) is 12.2 Å². The van der Waals surface area contributed by atoms with Crippen LogP contribution in [-0.4, -0.2) is 17.8 Å². The lowest BCUT2D eigenvalue weighted by Gasteiger charge is -2.31. The number of aliphatic hydroxyl groups is 1. The van der Waals surface area contributed by atoms with Crippen molar-refractivity contribution in [1.82, 2.24) is 5.32 Å². The minimum Gasteiger partial charge on any atom is -0.396 e. The quantitative estimate of drug-likeness (QED) is 0.875. The molecule has 1 aromatic carbocycles. The summed E-state index contributed by atoms with van der Waals surface area (Å²) in [4.78, 5) is 0. The molecule has 1 aromatic rings. The van der Waals surface area contributed by atoms with E-state index in [1.165, 1.54) is 18.9 Å². The van der Waals surface area contributed by atoms with E-state index in [0.717, 1.165) is 18.4 Å². The van der Waals surface area contributed by atoms with Crippen molar-refractivity contribution in [2.45, 2.75) is 38.3 Å². The van der Waals surface area contributed by atoms with Crippen LogP contribution in [0.4, 0.5) is 4.39 Å². The average Bonchev–Trinajstić information content (AvgIpc) is 2.46. The predicted octanol–water partition coefficient (Wildman–Crippen LogP) is 2.34. The highest BCUT2D eigenvalue weighted by Crippen LogP contribution is 2.24. The first-order chi connectivity index (χ1) is 9.24. The Kier molecular flexibility index (Phi) is 4.89. The lowest BCUT2D eigenvalue weighted by Crippen LogP contribution is -2.39. The number of rotatable bonds is 4. The van der Waals surface area contributed by atoms with Crippen molar-refractivity contribution < 1.29 is 9.50 Å². The van der Waals surface area contributed by atoms with E-state index in [1.807, 2.05) is 6.07 Å². The van der Waals surface area contributed by atoms with E-state index in [4.69, 9.17) is 5.26 Å². The molecule has 0 aliphatic heterocycles. The third kappa shape index (κ3) is 3.52. The average molecular weight is 262 g/mol. The number of aliphatic hydroxyl groups excluding tert-OH is 1. The minimum atomic E-state index is -0.475. The monoisotopic (exact) mass is 262 g/mol. The molecule has 4 heteroatoms. The number of benzene rings is 1. The van der Waals surface area contributed by atoms with Gasteiger partial charge in [0.05, 0.1) is 5.56 Å². The highest BCUT2D eigenvalue weighted by molar-refractivity contribution is 5.34. The molecule has 1 aliphatic rings. The molecule has 0 heterocycles. The smallest absolute Gasteiger partial charge is 0.140 e. The lowest BCUT2D eigenvalue weighted by atomic mass is 9.85.